The van der Waals surface area contributed by atoms with Crippen LogP contribution in [-0.4, -0.2) is 11.1 Å². The number of hydrogen-bond acceptors (Lipinski definition) is 2. The molecule has 0 aliphatic carbocycles. The second kappa shape index (κ2) is 6.05. The second-order valence-electron chi connectivity index (χ2n) is 4.37. The Kier molecular flexibility index (Phi) is 4.39. The van der Waals surface area contributed by atoms with Crippen LogP contribution in [0.1, 0.15) is 21.5 Å². The molecule has 2 aromatic carbocycles. The molecule has 0 aliphatic rings. The molecule has 0 aromatic heterocycles. The van der Waals surface area contributed by atoms with Gasteiger partial charge in [-0.25, -0.2) is 9.18 Å². The summed E-state index contributed by atoms with van der Waals surface area (Å²) < 4.78 is 14.0. The van der Waals surface area contributed by atoms with E-state index in [1.54, 1.807) is 31.2 Å². The Hall–Kier alpha value is -1.88. The van der Waals surface area contributed by atoms with Crippen molar-refractivity contribution in [3.05, 3.63) is 63.4 Å². The Bertz CT molecular complexity index is 658. The minimum atomic E-state index is -0.960. The quantitative estimate of drug-likeness (QED) is 0.878. The zero-order valence-electron chi connectivity index (χ0n) is 10.8. The van der Waals surface area contributed by atoms with Gasteiger partial charge in [0.05, 0.1) is 5.56 Å². The normalized spacial score (nSPS) is 10.3. The fourth-order valence-corrected chi connectivity index (χ4v) is 2.31. The molecule has 104 valence electrons. The molecule has 0 aliphatic heterocycles. The number of carboxylic acids is 1. The van der Waals surface area contributed by atoms with Crippen molar-refractivity contribution in [3.8, 4) is 0 Å². The molecule has 2 aromatic rings. The van der Waals surface area contributed by atoms with Crippen LogP contribution in [0.5, 0.6) is 0 Å². The van der Waals surface area contributed by atoms with E-state index in [0.717, 1.165) is 15.7 Å². The minimum absolute atomic E-state index is 0.258. The van der Waals surface area contributed by atoms with E-state index >= 15 is 0 Å². The van der Waals surface area contributed by atoms with Gasteiger partial charge < -0.3 is 10.4 Å². The topological polar surface area (TPSA) is 49.3 Å². The van der Waals surface area contributed by atoms with Crippen LogP contribution in [0.4, 0.5) is 10.1 Å². The Morgan fingerprint density at radius 1 is 1.35 bits per heavy atom. The molecule has 0 fully saturated rings. The zero-order chi connectivity index (χ0) is 14.7. The monoisotopic (exact) mass is 337 g/mol. The average Bonchev–Trinajstić information content (AvgIpc) is 2.41. The molecule has 0 saturated carbocycles. The highest BCUT2D eigenvalue weighted by Gasteiger charge is 2.10. The van der Waals surface area contributed by atoms with Gasteiger partial charge in [0.15, 0.2) is 0 Å². The summed E-state index contributed by atoms with van der Waals surface area (Å²) in [5, 5.41) is 12.2. The van der Waals surface area contributed by atoms with Gasteiger partial charge in [0.1, 0.15) is 5.82 Å². The van der Waals surface area contributed by atoms with Gasteiger partial charge in [-0.15, -0.1) is 0 Å². The summed E-state index contributed by atoms with van der Waals surface area (Å²) in [5.74, 6) is -1.26. The highest BCUT2D eigenvalue weighted by atomic mass is 79.9. The Morgan fingerprint density at radius 2 is 2.10 bits per heavy atom. The number of nitrogens with one attached hydrogen (secondary N) is 1. The molecule has 20 heavy (non-hydrogen) atoms. The molecule has 0 unspecified atom stereocenters. The summed E-state index contributed by atoms with van der Waals surface area (Å²) in [6, 6.07) is 9.50. The maximum atomic E-state index is 13.2. The van der Waals surface area contributed by atoms with E-state index in [4.69, 9.17) is 5.11 Å². The van der Waals surface area contributed by atoms with E-state index in [0.29, 0.717) is 12.1 Å². The first-order valence-electron chi connectivity index (χ1n) is 5.99. The van der Waals surface area contributed by atoms with Crippen molar-refractivity contribution < 1.29 is 14.3 Å². The molecule has 5 heteroatoms. The standard InChI is InChI=1S/C15H13BrFNO2/c1-9-12(15(19)20)3-2-4-14(9)18-8-10-7-11(17)5-6-13(10)16/h2-7,18H,8H2,1H3,(H,19,20). The van der Waals surface area contributed by atoms with Crippen molar-refractivity contribution in [1.29, 1.82) is 0 Å². The molecular weight excluding hydrogens is 325 g/mol. The SMILES string of the molecule is Cc1c(NCc2cc(F)ccc2Br)cccc1C(=O)O. The number of carboxylic acid groups (broad SMARTS) is 1. The van der Waals surface area contributed by atoms with E-state index in [1.165, 1.54) is 12.1 Å². The molecule has 0 amide bonds. The fourth-order valence-electron chi connectivity index (χ4n) is 1.93. The number of rotatable bonds is 4. The molecule has 0 heterocycles. The van der Waals surface area contributed by atoms with E-state index in [9.17, 15) is 9.18 Å². The Labute approximate surface area is 124 Å². The third kappa shape index (κ3) is 3.17. The lowest BCUT2D eigenvalue weighted by Crippen LogP contribution is -2.06. The maximum Gasteiger partial charge on any atom is 0.336 e. The highest BCUT2D eigenvalue weighted by Crippen LogP contribution is 2.22. The number of hydrogen-bond donors (Lipinski definition) is 2. The van der Waals surface area contributed by atoms with Crippen LogP contribution in [-0.2, 0) is 6.54 Å². The molecule has 0 radical (unpaired) electrons. The van der Waals surface area contributed by atoms with Crippen LogP contribution in [0.3, 0.4) is 0 Å². The van der Waals surface area contributed by atoms with Gasteiger partial charge in [-0.05, 0) is 48.4 Å². The maximum absolute atomic E-state index is 13.2. The third-order valence-electron chi connectivity index (χ3n) is 3.04. The average molecular weight is 338 g/mol. The first-order chi connectivity index (χ1) is 9.49. The summed E-state index contributed by atoms with van der Waals surface area (Å²) in [5.41, 5.74) is 2.41. The molecule has 0 bridgehead atoms. The molecule has 2 N–H and O–H groups in total. The molecule has 3 nitrogen and oxygen atoms in total. The van der Waals surface area contributed by atoms with Crippen molar-refractivity contribution in [3.63, 3.8) is 0 Å². The fraction of sp³-hybridized carbons (Fsp3) is 0.133. The van der Waals surface area contributed by atoms with Crippen LogP contribution in [0.2, 0.25) is 0 Å². The van der Waals surface area contributed by atoms with Crippen molar-refractivity contribution in [2.75, 3.05) is 5.32 Å². The first-order valence-corrected chi connectivity index (χ1v) is 6.79. The van der Waals surface area contributed by atoms with Crippen molar-refractivity contribution in [2.45, 2.75) is 13.5 Å². The van der Waals surface area contributed by atoms with Crippen molar-refractivity contribution >= 4 is 27.6 Å². The summed E-state index contributed by atoms with van der Waals surface area (Å²) in [7, 11) is 0. The predicted octanol–water partition coefficient (Wildman–Crippen LogP) is 4.21. The molecular formula is C15H13BrFNO2. The van der Waals surface area contributed by atoms with E-state index in [1.807, 2.05) is 0 Å². The van der Waals surface area contributed by atoms with Gasteiger partial charge in [-0.2, -0.15) is 0 Å². The molecule has 0 atom stereocenters. The van der Waals surface area contributed by atoms with E-state index in [2.05, 4.69) is 21.2 Å². The lowest BCUT2D eigenvalue weighted by Gasteiger charge is -2.12. The number of benzene rings is 2. The van der Waals surface area contributed by atoms with E-state index < -0.39 is 5.97 Å². The Morgan fingerprint density at radius 3 is 2.80 bits per heavy atom. The van der Waals surface area contributed by atoms with Crippen LogP contribution in [0.25, 0.3) is 0 Å². The van der Waals surface area contributed by atoms with Crippen molar-refractivity contribution in [1.82, 2.24) is 0 Å². The lowest BCUT2D eigenvalue weighted by atomic mass is 10.1. The van der Waals surface area contributed by atoms with Crippen LogP contribution >= 0.6 is 15.9 Å². The Balaban J connectivity index is 2.21. The van der Waals surface area contributed by atoms with Crippen LogP contribution in [0.15, 0.2) is 40.9 Å². The third-order valence-corrected chi connectivity index (χ3v) is 3.81. The lowest BCUT2D eigenvalue weighted by molar-refractivity contribution is 0.0696. The smallest absolute Gasteiger partial charge is 0.336 e. The number of aromatic carboxylic acids is 1. The molecule has 0 saturated heterocycles. The zero-order valence-corrected chi connectivity index (χ0v) is 12.4. The summed E-state index contributed by atoms with van der Waals surface area (Å²) in [4.78, 5) is 11.1. The minimum Gasteiger partial charge on any atom is -0.478 e. The van der Waals surface area contributed by atoms with Gasteiger partial charge in [0.2, 0.25) is 0 Å². The number of halogens is 2. The molecule has 0 spiro atoms. The van der Waals surface area contributed by atoms with Crippen molar-refractivity contribution in [2.24, 2.45) is 0 Å². The highest BCUT2D eigenvalue weighted by molar-refractivity contribution is 9.10. The number of anilines is 1. The van der Waals surface area contributed by atoms with Gasteiger partial charge >= 0.3 is 5.97 Å². The van der Waals surface area contributed by atoms with Crippen LogP contribution in [0, 0.1) is 12.7 Å². The predicted molar refractivity (Wildman–Crippen MR) is 79.6 cm³/mol. The summed E-state index contributed by atoms with van der Waals surface area (Å²) in [6.07, 6.45) is 0. The largest absolute Gasteiger partial charge is 0.478 e. The van der Waals surface area contributed by atoms with E-state index in [-0.39, 0.29) is 11.4 Å². The van der Waals surface area contributed by atoms with Crippen LogP contribution < -0.4 is 5.32 Å². The van der Waals surface area contributed by atoms with Gasteiger partial charge in [-0.3, -0.25) is 0 Å². The second-order valence-corrected chi connectivity index (χ2v) is 5.23. The van der Waals surface area contributed by atoms with Gasteiger partial charge in [0.25, 0.3) is 0 Å². The number of carbonyl (C=O) groups is 1. The van der Waals surface area contributed by atoms with Gasteiger partial charge in [0, 0.05) is 16.7 Å². The summed E-state index contributed by atoms with van der Waals surface area (Å²) >= 11 is 3.36. The summed E-state index contributed by atoms with van der Waals surface area (Å²) in [6.45, 7) is 2.15. The molecule has 2 rings (SSSR count). The van der Waals surface area contributed by atoms with Gasteiger partial charge in [-0.1, -0.05) is 22.0 Å². The first kappa shape index (κ1) is 14.5.